The second-order valence-electron chi connectivity index (χ2n) is 4.13. The first-order valence-electron chi connectivity index (χ1n) is 4.89. The van der Waals surface area contributed by atoms with E-state index in [1.54, 1.807) is 12.4 Å². The topological polar surface area (TPSA) is 37.8 Å². The maximum atomic E-state index is 5.93. The summed E-state index contributed by atoms with van der Waals surface area (Å²) >= 11 is 5.93. The summed E-state index contributed by atoms with van der Waals surface area (Å²) < 4.78 is 0. The van der Waals surface area contributed by atoms with Crippen LogP contribution in [0, 0.1) is 5.92 Å². The molecule has 0 aliphatic heterocycles. The fourth-order valence-corrected chi connectivity index (χ4v) is 1.77. The summed E-state index contributed by atoms with van der Waals surface area (Å²) in [6.07, 6.45) is 5.64. The average molecular weight is 212 g/mol. The normalized spacial score (nSPS) is 18.3. The molecule has 0 radical (unpaired) electrons. The summed E-state index contributed by atoms with van der Waals surface area (Å²) in [5, 5.41) is 3.85. The molecule has 1 saturated carbocycles. The lowest BCUT2D eigenvalue weighted by atomic mass is 10.0. The van der Waals surface area contributed by atoms with E-state index < -0.39 is 0 Å². The Kier molecular flexibility index (Phi) is 2.35. The first-order chi connectivity index (χ1) is 6.64. The van der Waals surface area contributed by atoms with E-state index in [0.29, 0.717) is 16.9 Å². The zero-order valence-electron chi connectivity index (χ0n) is 8.42. The first kappa shape index (κ1) is 9.71. The largest absolute Gasteiger partial charge is 0.362 e. The molecule has 76 valence electrons. The maximum absolute atomic E-state index is 5.93. The number of aromatic nitrogens is 2. The summed E-state index contributed by atoms with van der Waals surface area (Å²) in [5.41, 5.74) is 0.208. The molecule has 1 N–H and O–H groups in total. The van der Waals surface area contributed by atoms with Crippen molar-refractivity contribution in [2.24, 2.45) is 5.92 Å². The van der Waals surface area contributed by atoms with Gasteiger partial charge in [0.2, 0.25) is 0 Å². The highest BCUT2D eigenvalue weighted by molar-refractivity contribution is 6.31. The zero-order valence-corrected chi connectivity index (χ0v) is 9.17. The summed E-state index contributed by atoms with van der Waals surface area (Å²) in [7, 11) is 0. The Morgan fingerprint density at radius 1 is 1.36 bits per heavy atom. The van der Waals surface area contributed by atoms with Crippen LogP contribution in [0.15, 0.2) is 12.4 Å². The minimum atomic E-state index is 0.208. The van der Waals surface area contributed by atoms with Gasteiger partial charge in [0.15, 0.2) is 11.0 Å². The number of rotatable bonds is 3. The molecule has 1 aliphatic rings. The van der Waals surface area contributed by atoms with Crippen molar-refractivity contribution in [3.63, 3.8) is 0 Å². The van der Waals surface area contributed by atoms with Gasteiger partial charge in [-0.15, -0.1) is 0 Å². The van der Waals surface area contributed by atoms with Crippen molar-refractivity contribution in [1.29, 1.82) is 0 Å². The molecular formula is C10H14ClN3. The molecule has 1 aliphatic carbocycles. The van der Waals surface area contributed by atoms with Crippen LogP contribution < -0.4 is 5.32 Å². The van der Waals surface area contributed by atoms with E-state index in [9.17, 15) is 0 Å². The summed E-state index contributed by atoms with van der Waals surface area (Å²) in [6.45, 7) is 4.43. The SMILES string of the molecule is CC(C)C1(Nc2nccnc2Cl)CC1. The highest BCUT2D eigenvalue weighted by Gasteiger charge is 2.45. The van der Waals surface area contributed by atoms with Crippen LogP contribution in [0.5, 0.6) is 0 Å². The van der Waals surface area contributed by atoms with Crippen LogP contribution in [0.4, 0.5) is 5.82 Å². The molecule has 0 atom stereocenters. The predicted molar refractivity (Wildman–Crippen MR) is 57.5 cm³/mol. The summed E-state index contributed by atoms with van der Waals surface area (Å²) in [4.78, 5) is 8.17. The third kappa shape index (κ3) is 1.69. The molecule has 0 bridgehead atoms. The standard InChI is InChI=1S/C10H14ClN3/c1-7(2)10(3-4-10)14-9-8(11)12-5-6-13-9/h5-7H,3-4H2,1-2H3,(H,13,14). The van der Waals surface area contributed by atoms with Crippen LogP contribution in [0.3, 0.4) is 0 Å². The lowest BCUT2D eigenvalue weighted by Crippen LogP contribution is -2.28. The minimum Gasteiger partial charge on any atom is -0.362 e. The highest BCUT2D eigenvalue weighted by atomic mass is 35.5. The number of halogens is 1. The van der Waals surface area contributed by atoms with Crippen molar-refractivity contribution in [2.45, 2.75) is 32.2 Å². The van der Waals surface area contributed by atoms with Gasteiger partial charge < -0.3 is 5.32 Å². The van der Waals surface area contributed by atoms with Gasteiger partial charge in [-0.3, -0.25) is 0 Å². The number of hydrogen-bond donors (Lipinski definition) is 1. The van der Waals surface area contributed by atoms with Crippen molar-refractivity contribution in [3.8, 4) is 0 Å². The molecule has 0 aromatic carbocycles. The van der Waals surface area contributed by atoms with Crippen molar-refractivity contribution < 1.29 is 0 Å². The highest BCUT2D eigenvalue weighted by Crippen LogP contribution is 2.45. The van der Waals surface area contributed by atoms with Gasteiger partial charge in [0.25, 0.3) is 0 Å². The molecule has 0 spiro atoms. The molecule has 1 fully saturated rings. The van der Waals surface area contributed by atoms with Gasteiger partial charge in [0.05, 0.1) is 0 Å². The average Bonchev–Trinajstić information content (AvgIpc) is 2.90. The first-order valence-corrected chi connectivity index (χ1v) is 5.26. The Morgan fingerprint density at radius 2 is 2.00 bits per heavy atom. The van der Waals surface area contributed by atoms with E-state index >= 15 is 0 Å². The van der Waals surface area contributed by atoms with Gasteiger partial charge in [-0.1, -0.05) is 25.4 Å². The Bertz CT molecular complexity index is 334. The van der Waals surface area contributed by atoms with E-state index in [1.807, 2.05) is 0 Å². The van der Waals surface area contributed by atoms with Crippen LogP contribution in [-0.2, 0) is 0 Å². The molecule has 2 rings (SSSR count). The van der Waals surface area contributed by atoms with Crippen molar-refractivity contribution >= 4 is 17.4 Å². The molecule has 4 heteroatoms. The second kappa shape index (κ2) is 3.39. The van der Waals surface area contributed by atoms with Gasteiger partial charge in [0, 0.05) is 17.9 Å². The van der Waals surface area contributed by atoms with E-state index in [1.165, 1.54) is 12.8 Å². The third-order valence-electron chi connectivity index (χ3n) is 2.91. The van der Waals surface area contributed by atoms with Gasteiger partial charge in [-0.05, 0) is 18.8 Å². The molecule has 1 aromatic heterocycles. The Hall–Kier alpha value is -0.830. The lowest BCUT2D eigenvalue weighted by molar-refractivity contribution is 0.510. The van der Waals surface area contributed by atoms with Gasteiger partial charge >= 0.3 is 0 Å². The van der Waals surface area contributed by atoms with Crippen LogP contribution in [-0.4, -0.2) is 15.5 Å². The molecule has 3 nitrogen and oxygen atoms in total. The number of anilines is 1. The monoisotopic (exact) mass is 211 g/mol. The molecular weight excluding hydrogens is 198 g/mol. The molecule has 0 amide bonds. The minimum absolute atomic E-state index is 0.208. The third-order valence-corrected chi connectivity index (χ3v) is 3.19. The number of hydrogen-bond acceptors (Lipinski definition) is 3. The Balaban J connectivity index is 2.15. The molecule has 1 heterocycles. The molecule has 0 unspecified atom stereocenters. The van der Waals surface area contributed by atoms with Crippen LogP contribution in [0.2, 0.25) is 5.15 Å². The second-order valence-corrected chi connectivity index (χ2v) is 4.49. The predicted octanol–water partition coefficient (Wildman–Crippen LogP) is 2.73. The fraction of sp³-hybridized carbons (Fsp3) is 0.600. The number of nitrogens with zero attached hydrogens (tertiary/aromatic N) is 2. The van der Waals surface area contributed by atoms with Gasteiger partial charge in [0.1, 0.15) is 0 Å². The molecule has 1 aromatic rings. The van der Waals surface area contributed by atoms with Crippen LogP contribution in [0.25, 0.3) is 0 Å². The van der Waals surface area contributed by atoms with E-state index in [-0.39, 0.29) is 5.54 Å². The van der Waals surface area contributed by atoms with Crippen molar-refractivity contribution in [2.75, 3.05) is 5.32 Å². The van der Waals surface area contributed by atoms with Crippen molar-refractivity contribution in [3.05, 3.63) is 17.5 Å². The smallest absolute Gasteiger partial charge is 0.171 e. The summed E-state index contributed by atoms with van der Waals surface area (Å²) in [6, 6.07) is 0. The lowest BCUT2D eigenvalue weighted by Gasteiger charge is -2.22. The van der Waals surface area contributed by atoms with E-state index in [0.717, 1.165) is 0 Å². The Morgan fingerprint density at radius 3 is 2.50 bits per heavy atom. The quantitative estimate of drug-likeness (QED) is 0.836. The Labute approximate surface area is 88.9 Å². The molecule has 14 heavy (non-hydrogen) atoms. The van der Waals surface area contributed by atoms with Gasteiger partial charge in [-0.2, -0.15) is 0 Å². The van der Waals surface area contributed by atoms with E-state index in [4.69, 9.17) is 11.6 Å². The van der Waals surface area contributed by atoms with Crippen LogP contribution in [0.1, 0.15) is 26.7 Å². The number of nitrogens with one attached hydrogen (secondary N) is 1. The fourth-order valence-electron chi connectivity index (χ4n) is 1.62. The summed E-state index contributed by atoms with van der Waals surface area (Å²) in [5.74, 6) is 1.31. The van der Waals surface area contributed by atoms with Gasteiger partial charge in [-0.25, -0.2) is 9.97 Å². The van der Waals surface area contributed by atoms with Crippen molar-refractivity contribution in [1.82, 2.24) is 9.97 Å². The van der Waals surface area contributed by atoms with Crippen LogP contribution >= 0.6 is 11.6 Å². The zero-order chi connectivity index (χ0) is 10.2. The van der Waals surface area contributed by atoms with E-state index in [2.05, 4.69) is 29.1 Å². The molecule has 0 saturated heterocycles. The maximum Gasteiger partial charge on any atom is 0.171 e.